The van der Waals surface area contributed by atoms with Crippen molar-refractivity contribution in [3.05, 3.63) is 125 Å². The van der Waals surface area contributed by atoms with Crippen LogP contribution in [0.3, 0.4) is 0 Å². The van der Waals surface area contributed by atoms with Crippen molar-refractivity contribution < 1.29 is 37.7 Å². The molecule has 9 heteroatoms. The van der Waals surface area contributed by atoms with Crippen LogP contribution in [0, 0.1) is 0 Å². The number of rotatable bonds is 10. The number of carbonyl (C=O) groups is 2. The van der Waals surface area contributed by atoms with Crippen molar-refractivity contribution in [2.24, 2.45) is 0 Å². The zero-order chi connectivity index (χ0) is 29.8. The summed E-state index contributed by atoms with van der Waals surface area (Å²) in [4.78, 5) is 22.5. The van der Waals surface area contributed by atoms with Gasteiger partial charge in [0.2, 0.25) is 0 Å². The molecule has 0 fully saturated rings. The van der Waals surface area contributed by atoms with E-state index in [1.54, 1.807) is 19.2 Å². The van der Waals surface area contributed by atoms with Crippen LogP contribution in [0.15, 0.2) is 103 Å². The number of ether oxygens (including phenoxy) is 1. The van der Waals surface area contributed by atoms with E-state index in [9.17, 15) is 18.0 Å². The third-order valence-corrected chi connectivity index (χ3v) is 6.19. The van der Waals surface area contributed by atoms with Gasteiger partial charge >= 0.3 is 18.1 Å². The quantitative estimate of drug-likeness (QED) is 0.217. The van der Waals surface area contributed by atoms with E-state index in [0.29, 0.717) is 5.56 Å². The van der Waals surface area contributed by atoms with Gasteiger partial charge in [-0.3, -0.25) is 4.90 Å². The van der Waals surface area contributed by atoms with Gasteiger partial charge in [0.1, 0.15) is 5.75 Å². The molecule has 0 unspecified atom stereocenters. The third-order valence-electron chi connectivity index (χ3n) is 6.19. The van der Waals surface area contributed by atoms with E-state index in [2.05, 4.69) is 71.6 Å². The van der Waals surface area contributed by atoms with Crippen molar-refractivity contribution in [3.63, 3.8) is 0 Å². The molecule has 0 bridgehead atoms. The van der Waals surface area contributed by atoms with Gasteiger partial charge < -0.3 is 14.9 Å². The Kier molecular flexibility index (Phi) is 11.1. The van der Waals surface area contributed by atoms with E-state index in [1.807, 2.05) is 24.3 Å². The summed E-state index contributed by atoms with van der Waals surface area (Å²) >= 11 is 0. The van der Waals surface area contributed by atoms with Crippen LogP contribution in [0.4, 0.5) is 13.2 Å². The summed E-state index contributed by atoms with van der Waals surface area (Å²) in [7, 11) is 1.69. The number of carboxylic acid groups (broad SMARTS) is 2. The highest BCUT2D eigenvalue weighted by Gasteiger charge is 2.38. The number of halogens is 3. The maximum Gasteiger partial charge on any atom is 0.490 e. The number of methoxy groups -OCH3 is 1. The molecule has 0 heterocycles. The van der Waals surface area contributed by atoms with Gasteiger partial charge in [-0.05, 0) is 58.5 Å². The topological polar surface area (TPSA) is 87.1 Å². The first kappa shape index (κ1) is 30.9. The summed E-state index contributed by atoms with van der Waals surface area (Å²) in [6.07, 6.45) is -4.09. The molecule has 0 aromatic heterocycles. The molecule has 0 spiro atoms. The van der Waals surface area contributed by atoms with Crippen LogP contribution in [0.25, 0.3) is 11.1 Å². The van der Waals surface area contributed by atoms with E-state index in [0.717, 1.165) is 42.9 Å². The van der Waals surface area contributed by atoms with Crippen molar-refractivity contribution in [2.45, 2.75) is 25.7 Å². The predicted molar refractivity (Wildman–Crippen MR) is 150 cm³/mol. The fraction of sp³-hybridized carbons (Fsp3) is 0.188. The Balaban J connectivity index is 0.000000587. The largest absolute Gasteiger partial charge is 0.497 e. The monoisotopic (exact) mass is 565 g/mol. The molecule has 4 aromatic rings. The highest BCUT2D eigenvalue weighted by Crippen LogP contribution is 2.22. The molecular formula is C32H30F3NO5. The molecule has 41 heavy (non-hydrogen) atoms. The average Bonchev–Trinajstić information content (AvgIpc) is 2.97. The first-order chi connectivity index (χ1) is 19.5. The van der Waals surface area contributed by atoms with Crippen LogP contribution in [0.1, 0.15) is 27.0 Å². The maximum atomic E-state index is 11.1. The number of hydrogen-bond donors (Lipinski definition) is 2. The first-order valence-electron chi connectivity index (χ1n) is 12.7. The second-order valence-electron chi connectivity index (χ2n) is 9.18. The third kappa shape index (κ3) is 10.1. The Bertz CT molecular complexity index is 1390. The summed E-state index contributed by atoms with van der Waals surface area (Å²) in [6, 6.07) is 34.4. The number of alkyl halides is 3. The van der Waals surface area contributed by atoms with Crippen molar-refractivity contribution in [1.82, 2.24) is 4.90 Å². The van der Waals surface area contributed by atoms with E-state index in [-0.39, 0.29) is 0 Å². The fourth-order valence-corrected chi connectivity index (χ4v) is 4.00. The summed E-state index contributed by atoms with van der Waals surface area (Å²) in [5, 5.41) is 16.2. The van der Waals surface area contributed by atoms with E-state index in [4.69, 9.17) is 19.7 Å². The van der Waals surface area contributed by atoms with Gasteiger partial charge in [0.05, 0.1) is 12.7 Å². The molecular weight excluding hydrogens is 535 g/mol. The number of aromatic carboxylic acids is 1. The Morgan fingerprint density at radius 3 is 1.61 bits per heavy atom. The molecule has 0 aliphatic carbocycles. The van der Waals surface area contributed by atoms with Crippen LogP contribution in [-0.4, -0.2) is 46.9 Å². The number of aliphatic carboxylic acids is 1. The zero-order valence-electron chi connectivity index (χ0n) is 22.3. The molecule has 0 amide bonds. The lowest BCUT2D eigenvalue weighted by Gasteiger charge is -2.23. The highest BCUT2D eigenvalue weighted by molar-refractivity contribution is 5.88. The van der Waals surface area contributed by atoms with Gasteiger partial charge in [0, 0.05) is 19.6 Å². The Hall–Kier alpha value is -4.63. The van der Waals surface area contributed by atoms with Crippen LogP contribution in [0.2, 0.25) is 0 Å². The van der Waals surface area contributed by atoms with Gasteiger partial charge in [-0.2, -0.15) is 13.2 Å². The minimum atomic E-state index is -5.08. The van der Waals surface area contributed by atoms with Gasteiger partial charge in [0.15, 0.2) is 0 Å². The summed E-state index contributed by atoms with van der Waals surface area (Å²) in [5.74, 6) is -2.80. The molecule has 0 aliphatic rings. The maximum absolute atomic E-state index is 11.1. The Labute approximate surface area is 236 Å². The molecule has 4 rings (SSSR count). The van der Waals surface area contributed by atoms with Gasteiger partial charge in [0.25, 0.3) is 0 Å². The number of benzene rings is 4. The Morgan fingerprint density at radius 1 is 0.707 bits per heavy atom. The molecule has 0 aliphatic heterocycles. The van der Waals surface area contributed by atoms with Crippen molar-refractivity contribution >= 4 is 11.9 Å². The highest BCUT2D eigenvalue weighted by atomic mass is 19.4. The van der Waals surface area contributed by atoms with Crippen LogP contribution in [-0.2, 0) is 24.3 Å². The lowest BCUT2D eigenvalue weighted by Crippen LogP contribution is -2.25. The molecule has 4 aromatic carbocycles. The number of hydrogen-bond acceptors (Lipinski definition) is 4. The lowest BCUT2D eigenvalue weighted by molar-refractivity contribution is -0.192. The van der Waals surface area contributed by atoms with E-state index >= 15 is 0 Å². The van der Waals surface area contributed by atoms with Gasteiger partial charge in [-0.1, -0.05) is 78.9 Å². The normalized spacial score (nSPS) is 11.0. The molecule has 2 N–H and O–H groups in total. The molecule has 0 atom stereocenters. The predicted octanol–water partition coefficient (Wildman–Crippen LogP) is 6.94. The van der Waals surface area contributed by atoms with Crippen LogP contribution >= 0.6 is 0 Å². The van der Waals surface area contributed by atoms with Gasteiger partial charge in [-0.15, -0.1) is 0 Å². The summed E-state index contributed by atoms with van der Waals surface area (Å²) < 4.78 is 37.0. The van der Waals surface area contributed by atoms with Crippen LogP contribution in [0.5, 0.6) is 5.75 Å². The minimum absolute atomic E-state index is 0.299. The summed E-state index contributed by atoms with van der Waals surface area (Å²) in [5.41, 5.74) is 6.22. The SMILES string of the molecule is COc1ccc(CN(CCc2ccccc2)Cc2ccc(-c3ccc(C(=O)O)cc3)cc2)cc1.O=C(O)C(F)(F)F. The molecule has 214 valence electrons. The van der Waals surface area contributed by atoms with Crippen molar-refractivity contribution in [1.29, 1.82) is 0 Å². The van der Waals surface area contributed by atoms with E-state index in [1.165, 1.54) is 16.7 Å². The molecule has 0 saturated heterocycles. The lowest BCUT2D eigenvalue weighted by atomic mass is 10.0. The second-order valence-corrected chi connectivity index (χ2v) is 9.18. The van der Waals surface area contributed by atoms with E-state index < -0.39 is 18.1 Å². The minimum Gasteiger partial charge on any atom is -0.497 e. The summed E-state index contributed by atoms with van der Waals surface area (Å²) in [6.45, 7) is 2.65. The number of nitrogens with zero attached hydrogens (tertiary/aromatic N) is 1. The van der Waals surface area contributed by atoms with Crippen LogP contribution < -0.4 is 4.74 Å². The second kappa shape index (κ2) is 14.7. The average molecular weight is 566 g/mol. The van der Waals surface area contributed by atoms with Crippen molar-refractivity contribution in [2.75, 3.05) is 13.7 Å². The fourth-order valence-electron chi connectivity index (χ4n) is 4.00. The standard InChI is InChI=1S/C30H29NO3.C2HF3O2/c1-34-29-17-9-25(10-18-29)22-31(20-19-23-5-3-2-4-6-23)21-24-7-11-26(12-8-24)27-13-15-28(16-14-27)30(32)33;3-2(4,5)1(6)7/h2-18H,19-22H2,1H3,(H,32,33);(H,6,7). The molecule has 0 saturated carbocycles. The van der Waals surface area contributed by atoms with Crippen molar-refractivity contribution in [3.8, 4) is 16.9 Å². The van der Waals surface area contributed by atoms with Gasteiger partial charge in [-0.25, -0.2) is 9.59 Å². The first-order valence-corrected chi connectivity index (χ1v) is 12.7. The molecule has 6 nitrogen and oxygen atoms in total. The Morgan fingerprint density at radius 2 is 1.17 bits per heavy atom. The number of carboxylic acids is 2. The zero-order valence-corrected chi connectivity index (χ0v) is 22.3. The smallest absolute Gasteiger partial charge is 0.490 e. The molecule has 0 radical (unpaired) electrons.